The van der Waals surface area contributed by atoms with Crippen molar-refractivity contribution < 1.29 is 0 Å². The number of fused-ring (bicyclic) bond motifs is 6. The van der Waals surface area contributed by atoms with Gasteiger partial charge in [0.1, 0.15) is 0 Å². The van der Waals surface area contributed by atoms with E-state index in [-0.39, 0.29) is 0 Å². The molecule has 4 aromatic heterocycles. The van der Waals surface area contributed by atoms with Crippen molar-refractivity contribution in [3.05, 3.63) is 175 Å². The van der Waals surface area contributed by atoms with Crippen LogP contribution >= 0.6 is 0 Å². The molecule has 4 heteroatoms. The monoisotopic (exact) mass is 692 g/mol. The van der Waals surface area contributed by atoms with Crippen LogP contribution < -0.4 is 0 Å². The number of para-hydroxylation sites is 1. The highest BCUT2D eigenvalue weighted by atomic mass is 14.7. The van der Waals surface area contributed by atoms with E-state index in [1.54, 1.807) is 0 Å². The molecular formula is C50H36N4. The molecule has 0 saturated carbocycles. The smallest absolute Gasteiger partial charge is 0.0791 e. The third kappa shape index (κ3) is 5.30. The van der Waals surface area contributed by atoms with Gasteiger partial charge in [-0.2, -0.15) is 0 Å². The van der Waals surface area contributed by atoms with Crippen molar-refractivity contribution in [2.24, 2.45) is 0 Å². The molecule has 1 aliphatic rings. The fraction of sp³-hybridized carbons (Fsp3) is 0.0800. The van der Waals surface area contributed by atoms with Crippen molar-refractivity contribution in [1.82, 2.24) is 19.9 Å². The first-order valence-electron chi connectivity index (χ1n) is 18.6. The van der Waals surface area contributed by atoms with Crippen LogP contribution in [-0.2, 0) is 0 Å². The molecule has 54 heavy (non-hydrogen) atoms. The quantitative estimate of drug-likeness (QED) is 0.133. The number of aryl methyl sites for hydroxylation is 2. The molecule has 0 atom stereocenters. The van der Waals surface area contributed by atoms with Crippen LogP contribution in [0, 0.1) is 13.8 Å². The number of nitrogens with zero attached hydrogens (tertiary/aromatic N) is 4. The first kappa shape index (κ1) is 31.9. The van der Waals surface area contributed by atoms with E-state index in [1.807, 2.05) is 24.8 Å². The molecule has 9 aromatic rings. The average molecular weight is 693 g/mol. The normalized spacial score (nSPS) is 12.9. The van der Waals surface area contributed by atoms with Crippen LogP contribution in [0.5, 0.6) is 0 Å². The highest BCUT2D eigenvalue weighted by Gasteiger charge is 2.23. The lowest BCUT2D eigenvalue weighted by atomic mass is 9.85. The highest BCUT2D eigenvalue weighted by molar-refractivity contribution is 6.25. The zero-order chi connectivity index (χ0) is 36.2. The molecule has 0 amide bonds. The number of hydrogen-bond acceptors (Lipinski definition) is 4. The summed E-state index contributed by atoms with van der Waals surface area (Å²) in [5, 5.41) is 7.22. The van der Waals surface area contributed by atoms with Crippen LogP contribution in [0.4, 0.5) is 0 Å². The maximum atomic E-state index is 5.57. The third-order valence-corrected chi connectivity index (χ3v) is 11.0. The average Bonchev–Trinajstić information content (AvgIpc) is 3.25. The standard InChI is InChI=1S/C50H36N4/c1-31-45-41-15-9-10-16-43(41)53-49(35-11-5-3-6-12-35)47(45)32(2)46-42-18-17-37(30-44(42)54-50(48(31)46)36-13-7-4-8-14-36)40-28-38(33-19-23-51-24-20-33)27-39(29-40)34-21-25-52-26-22-34/h4-5,7-30H,3,6H2,1-2H3. The largest absolute Gasteiger partial charge is 0.265 e. The van der Waals surface area contributed by atoms with E-state index >= 15 is 0 Å². The van der Waals surface area contributed by atoms with Crippen molar-refractivity contribution in [3.63, 3.8) is 0 Å². The Balaban J connectivity index is 1.30. The molecule has 1 aliphatic carbocycles. The molecule has 5 aromatic carbocycles. The zero-order valence-corrected chi connectivity index (χ0v) is 30.2. The Morgan fingerprint density at radius 3 is 1.65 bits per heavy atom. The van der Waals surface area contributed by atoms with Gasteiger partial charge in [0.15, 0.2) is 0 Å². The molecule has 0 unspecified atom stereocenters. The SMILES string of the molecule is Cc1c2c(-c3ccccc3)nc3cc(-c4cc(-c5ccncc5)cc(-c5ccncc5)c4)ccc3c2c(C)c2c(C3=CCCC=C3)nc3ccccc3c12. The summed E-state index contributed by atoms with van der Waals surface area (Å²) in [4.78, 5) is 19.5. The maximum Gasteiger partial charge on any atom is 0.0791 e. The first-order chi connectivity index (χ1) is 26.6. The number of hydrogen-bond donors (Lipinski definition) is 0. The molecular weight excluding hydrogens is 657 g/mol. The van der Waals surface area contributed by atoms with Crippen molar-refractivity contribution >= 4 is 48.9 Å². The molecule has 0 radical (unpaired) electrons. The number of benzene rings is 5. The topological polar surface area (TPSA) is 51.6 Å². The summed E-state index contributed by atoms with van der Waals surface area (Å²) in [5.41, 5.74) is 15.6. The minimum atomic E-state index is 0.965. The zero-order valence-electron chi connectivity index (χ0n) is 30.2. The van der Waals surface area contributed by atoms with E-state index in [9.17, 15) is 0 Å². The van der Waals surface area contributed by atoms with Gasteiger partial charge in [-0.15, -0.1) is 0 Å². The summed E-state index contributed by atoms with van der Waals surface area (Å²) < 4.78 is 0. The van der Waals surface area contributed by atoms with Crippen LogP contribution in [0.25, 0.3) is 93.6 Å². The summed E-state index contributed by atoms with van der Waals surface area (Å²) in [5.74, 6) is 0. The summed E-state index contributed by atoms with van der Waals surface area (Å²) >= 11 is 0. The fourth-order valence-electron chi connectivity index (χ4n) is 8.43. The molecule has 0 bridgehead atoms. The van der Waals surface area contributed by atoms with Gasteiger partial charge in [0.2, 0.25) is 0 Å². The van der Waals surface area contributed by atoms with E-state index in [0.717, 1.165) is 79.6 Å². The molecule has 0 N–H and O–H groups in total. The molecule has 256 valence electrons. The van der Waals surface area contributed by atoms with Gasteiger partial charge >= 0.3 is 0 Å². The molecule has 0 saturated heterocycles. The van der Waals surface area contributed by atoms with E-state index in [2.05, 4.69) is 157 Å². The Bertz CT molecular complexity index is 2930. The van der Waals surface area contributed by atoms with Gasteiger partial charge in [0, 0.05) is 51.9 Å². The lowest BCUT2D eigenvalue weighted by Crippen LogP contribution is -2.01. The van der Waals surface area contributed by atoms with Gasteiger partial charge in [-0.1, -0.05) is 78.9 Å². The van der Waals surface area contributed by atoms with Crippen LogP contribution in [0.2, 0.25) is 0 Å². The maximum absolute atomic E-state index is 5.57. The van der Waals surface area contributed by atoms with E-state index < -0.39 is 0 Å². The molecule has 0 spiro atoms. The predicted molar refractivity (Wildman–Crippen MR) is 225 cm³/mol. The summed E-state index contributed by atoms with van der Waals surface area (Å²) in [7, 11) is 0. The van der Waals surface area contributed by atoms with Crippen molar-refractivity contribution in [2.45, 2.75) is 26.7 Å². The molecule has 10 rings (SSSR count). The number of aromatic nitrogens is 4. The minimum absolute atomic E-state index is 0.965. The minimum Gasteiger partial charge on any atom is -0.265 e. The summed E-state index contributed by atoms with van der Waals surface area (Å²) in [6.45, 7) is 4.57. The lowest BCUT2D eigenvalue weighted by Gasteiger charge is -2.21. The van der Waals surface area contributed by atoms with E-state index in [1.165, 1.54) is 43.6 Å². The van der Waals surface area contributed by atoms with Crippen molar-refractivity contribution in [1.29, 1.82) is 0 Å². The molecule has 4 nitrogen and oxygen atoms in total. The molecule has 0 aliphatic heterocycles. The van der Waals surface area contributed by atoms with Gasteiger partial charge in [0.05, 0.1) is 22.4 Å². The van der Waals surface area contributed by atoms with Gasteiger partial charge in [-0.25, -0.2) is 9.97 Å². The van der Waals surface area contributed by atoms with E-state index in [4.69, 9.17) is 9.97 Å². The Hall–Kier alpha value is -6.78. The molecule has 4 heterocycles. The van der Waals surface area contributed by atoms with E-state index in [0.29, 0.717) is 0 Å². The Morgan fingerprint density at radius 1 is 0.426 bits per heavy atom. The second-order valence-corrected chi connectivity index (χ2v) is 14.2. The second-order valence-electron chi connectivity index (χ2n) is 14.2. The third-order valence-electron chi connectivity index (χ3n) is 11.0. The van der Waals surface area contributed by atoms with Crippen LogP contribution in [-0.4, -0.2) is 19.9 Å². The number of rotatable bonds is 5. The van der Waals surface area contributed by atoms with Gasteiger partial charge in [0.25, 0.3) is 0 Å². The van der Waals surface area contributed by atoms with Crippen molar-refractivity contribution in [2.75, 3.05) is 0 Å². The lowest BCUT2D eigenvalue weighted by molar-refractivity contribution is 1.04. The highest BCUT2D eigenvalue weighted by Crippen LogP contribution is 2.45. The first-order valence-corrected chi connectivity index (χ1v) is 18.6. The van der Waals surface area contributed by atoms with Crippen LogP contribution in [0.3, 0.4) is 0 Å². The molecule has 0 fully saturated rings. The second kappa shape index (κ2) is 13.0. The van der Waals surface area contributed by atoms with Crippen LogP contribution in [0.1, 0.15) is 29.7 Å². The predicted octanol–water partition coefficient (Wildman–Crippen LogP) is 12.9. The fourth-order valence-corrected chi connectivity index (χ4v) is 8.43. The van der Waals surface area contributed by atoms with Crippen LogP contribution in [0.15, 0.2) is 158 Å². The Labute approximate surface area is 314 Å². The number of pyridine rings is 4. The van der Waals surface area contributed by atoms with Gasteiger partial charge < -0.3 is 0 Å². The van der Waals surface area contributed by atoms with Gasteiger partial charge in [-0.3, -0.25) is 9.97 Å². The van der Waals surface area contributed by atoms with Crippen molar-refractivity contribution in [3.8, 4) is 44.6 Å². The van der Waals surface area contributed by atoms with Gasteiger partial charge in [-0.05, 0) is 142 Å². The Kier molecular flexibility index (Phi) is 7.69. The summed E-state index contributed by atoms with van der Waals surface area (Å²) in [6, 6.07) is 41.1. The Morgan fingerprint density at radius 2 is 1.00 bits per heavy atom. The number of allylic oxidation sites excluding steroid dienone is 4. The summed E-state index contributed by atoms with van der Waals surface area (Å²) in [6.07, 6.45) is 16.4.